The summed E-state index contributed by atoms with van der Waals surface area (Å²) in [6.45, 7) is 5.46. The lowest BCUT2D eigenvalue weighted by Crippen LogP contribution is -2.45. The third kappa shape index (κ3) is 4.89. The molecule has 2 aromatic rings. The number of aromatic nitrogens is 1. The Balaban J connectivity index is 2.12. The fourth-order valence-corrected chi connectivity index (χ4v) is 3.04. The van der Waals surface area contributed by atoms with Crippen LogP contribution in [0.15, 0.2) is 29.6 Å². The number of urea groups is 1. The summed E-state index contributed by atoms with van der Waals surface area (Å²) in [7, 11) is 0. The SMILES string of the molecule is CCc1ccc(-c2nc(C(=O)O[C@H](C(=O)NC(N)=O)C(C)C)cs2)cc1. The molecule has 1 heterocycles. The lowest BCUT2D eigenvalue weighted by Gasteiger charge is -2.19. The molecule has 138 valence electrons. The van der Waals surface area contributed by atoms with Crippen LogP contribution in [0.4, 0.5) is 4.79 Å². The predicted octanol–water partition coefficient (Wildman–Crippen LogP) is 2.75. The number of nitrogens with two attached hydrogens (primary N) is 1. The van der Waals surface area contributed by atoms with Crippen LogP contribution in [0.5, 0.6) is 0 Å². The van der Waals surface area contributed by atoms with Gasteiger partial charge in [0.25, 0.3) is 5.91 Å². The van der Waals surface area contributed by atoms with E-state index >= 15 is 0 Å². The predicted molar refractivity (Wildman–Crippen MR) is 98.7 cm³/mol. The molecule has 0 fully saturated rings. The van der Waals surface area contributed by atoms with Crippen molar-refractivity contribution < 1.29 is 19.1 Å². The van der Waals surface area contributed by atoms with Crippen LogP contribution in [0.1, 0.15) is 36.8 Å². The number of amides is 3. The molecule has 1 aromatic carbocycles. The molecule has 0 saturated carbocycles. The molecule has 2 rings (SSSR count). The second-order valence-electron chi connectivity index (χ2n) is 6.01. The zero-order chi connectivity index (χ0) is 19.3. The van der Waals surface area contributed by atoms with E-state index in [-0.39, 0.29) is 11.6 Å². The van der Waals surface area contributed by atoms with Gasteiger partial charge in [-0.05, 0) is 17.9 Å². The first-order valence-corrected chi connectivity index (χ1v) is 9.05. The third-order valence-electron chi connectivity index (χ3n) is 3.67. The van der Waals surface area contributed by atoms with Gasteiger partial charge in [0, 0.05) is 10.9 Å². The smallest absolute Gasteiger partial charge is 0.358 e. The number of thiazole rings is 1. The topological polar surface area (TPSA) is 111 Å². The van der Waals surface area contributed by atoms with E-state index in [4.69, 9.17) is 10.5 Å². The lowest BCUT2D eigenvalue weighted by molar-refractivity contribution is -0.130. The van der Waals surface area contributed by atoms with Crippen molar-refractivity contribution in [2.24, 2.45) is 11.7 Å². The number of imide groups is 1. The number of ether oxygens (including phenoxy) is 1. The Bertz CT molecular complexity index is 799. The van der Waals surface area contributed by atoms with Crippen molar-refractivity contribution in [3.63, 3.8) is 0 Å². The van der Waals surface area contributed by atoms with Crippen LogP contribution in [-0.4, -0.2) is 29.0 Å². The first-order valence-electron chi connectivity index (χ1n) is 8.18. The van der Waals surface area contributed by atoms with E-state index in [1.54, 1.807) is 19.2 Å². The number of carbonyl (C=O) groups excluding carboxylic acids is 3. The Labute approximate surface area is 155 Å². The maximum atomic E-state index is 12.3. The molecule has 3 amide bonds. The highest BCUT2D eigenvalue weighted by Crippen LogP contribution is 2.25. The summed E-state index contributed by atoms with van der Waals surface area (Å²) in [6.07, 6.45) is -0.191. The highest BCUT2D eigenvalue weighted by molar-refractivity contribution is 7.13. The van der Waals surface area contributed by atoms with Gasteiger partial charge in [-0.1, -0.05) is 45.0 Å². The Hall–Kier alpha value is -2.74. The van der Waals surface area contributed by atoms with E-state index in [1.165, 1.54) is 16.9 Å². The Morgan fingerprint density at radius 2 is 1.88 bits per heavy atom. The number of primary amides is 1. The maximum Gasteiger partial charge on any atom is 0.358 e. The molecule has 7 nitrogen and oxygen atoms in total. The van der Waals surface area contributed by atoms with Gasteiger partial charge in [0.2, 0.25) is 0 Å². The van der Waals surface area contributed by atoms with E-state index in [9.17, 15) is 14.4 Å². The van der Waals surface area contributed by atoms with Gasteiger partial charge in [-0.15, -0.1) is 11.3 Å². The summed E-state index contributed by atoms with van der Waals surface area (Å²) in [6, 6.07) is 6.92. The van der Waals surface area contributed by atoms with Crippen LogP contribution in [0.3, 0.4) is 0 Å². The van der Waals surface area contributed by atoms with Gasteiger partial charge < -0.3 is 10.5 Å². The molecule has 0 aliphatic heterocycles. The van der Waals surface area contributed by atoms with E-state index in [0.29, 0.717) is 5.01 Å². The summed E-state index contributed by atoms with van der Waals surface area (Å²) in [5.74, 6) is -1.82. The van der Waals surface area contributed by atoms with Crippen molar-refractivity contribution in [3.05, 3.63) is 40.9 Å². The Morgan fingerprint density at radius 3 is 2.42 bits per heavy atom. The molecular formula is C18H21N3O4S. The molecule has 26 heavy (non-hydrogen) atoms. The minimum Gasteiger partial charge on any atom is -0.447 e. The highest BCUT2D eigenvalue weighted by Gasteiger charge is 2.28. The van der Waals surface area contributed by atoms with Gasteiger partial charge in [0.15, 0.2) is 11.8 Å². The summed E-state index contributed by atoms with van der Waals surface area (Å²) in [5, 5.41) is 4.19. The van der Waals surface area contributed by atoms with Crippen LogP contribution < -0.4 is 11.1 Å². The molecule has 0 bridgehead atoms. The largest absolute Gasteiger partial charge is 0.447 e. The average molecular weight is 375 g/mol. The highest BCUT2D eigenvalue weighted by atomic mass is 32.1. The molecule has 3 N–H and O–H groups in total. The number of esters is 1. The van der Waals surface area contributed by atoms with E-state index in [0.717, 1.165) is 12.0 Å². The zero-order valence-electron chi connectivity index (χ0n) is 14.8. The minimum atomic E-state index is -1.14. The molecule has 0 aliphatic rings. The van der Waals surface area contributed by atoms with Gasteiger partial charge in [-0.3, -0.25) is 10.1 Å². The summed E-state index contributed by atoms with van der Waals surface area (Å²) >= 11 is 1.31. The molecule has 0 aliphatic carbocycles. The van der Waals surface area contributed by atoms with Crippen molar-refractivity contribution in [3.8, 4) is 10.6 Å². The molecule has 0 radical (unpaired) electrons. The second kappa shape index (κ2) is 8.57. The number of rotatable bonds is 6. The van der Waals surface area contributed by atoms with Crippen LogP contribution in [-0.2, 0) is 16.0 Å². The number of carbonyl (C=O) groups is 3. The fraction of sp³-hybridized carbons (Fsp3) is 0.333. The lowest BCUT2D eigenvalue weighted by atomic mass is 10.1. The van der Waals surface area contributed by atoms with Gasteiger partial charge in [0.1, 0.15) is 5.01 Å². The van der Waals surface area contributed by atoms with Crippen molar-refractivity contribution in [2.45, 2.75) is 33.3 Å². The van der Waals surface area contributed by atoms with Gasteiger partial charge in [-0.25, -0.2) is 14.6 Å². The van der Waals surface area contributed by atoms with Gasteiger partial charge in [0.05, 0.1) is 0 Å². The van der Waals surface area contributed by atoms with Crippen molar-refractivity contribution in [1.82, 2.24) is 10.3 Å². The first-order chi connectivity index (χ1) is 12.3. The van der Waals surface area contributed by atoms with Crippen LogP contribution in [0.25, 0.3) is 10.6 Å². The standard InChI is InChI=1S/C18H21N3O4S/c1-4-11-5-7-12(8-6-11)16-20-13(9-26-16)17(23)25-14(10(2)3)15(22)21-18(19)24/h5-10,14H,4H2,1-3H3,(H3,19,21,22,24)/t14-/m0/s1. The number of nitrogens with one attached hydrogen (secondary N) is 1. The van der Waals surface area contributed by atoms with E-state index in [1.807, 2.05) is 29.6 Å². The second-order valence-corrected chi connectivity index (χ2v) is 6.87. The van der Waals surface area contributed by atoms with Crippen LogP contribution >= 0.6 is 11.3 Å². The molecule has 0 spiro atoms. The zero-order valence-corrected chi connectivity index (χ0v) is 15.6. The number of aryl methyl sites for hydroxylation is 1. The molecule has 8 heteroatoms. The third-order valence-corrected chi connectivity index (χ3v) is 4.56. The van der Waals surface area contributed by atoms with Crippen molar-refractivity contribution in [1.29, 1.82) is 0 Å². The normalized spacial score (nSPS) is 11.8. The monoisotopic (exact) mass is 375 g/mol. The maximum absolute atomic E-state index is 12.3. The molecule has 1 aromatic heterocycles. The van der Waals surface area contributed by atoms with Crippen molar-refractivity contribution >= 4 is 29.2 Å². The summed E-state index contributed by atoms with van der Waals surface area (Å²) in [4.78, 5) is 39.4. The minimum absolute atomic E-state index is 0.113. The van der Waals surface area contributed by atoms with E-state index < -0.39 is 24.0 Å². The Morgan fingerprint density at radius 1 is 1.23 bits per heavy atom. The molecular weight excluding hydrogens is 354 g/mol. The first kappa shape index (κ1) is 19.6. The average Bonchev–Trinajstić information content (AvgIpc) is 3.08. The fourth-order valence-electron chi connectivity index (χ4n) is 2.24. The number of benzene rings is 1. The molecule has 0 saturated heterocycles. The van der Waals surface area contributed by atoms with Crippen LogP contribution in [0, 0.1) is 5.92 Å². The number of hydrogen-bond acceptors (Lipinski definition) is 6. The Kier molecular flexibility index (Phi) is 6.46. The van der Waals surface area contributed by atoms with E-state index in [2.05, 4.69) is 11.9 Å². The quantitative estimate of drug-likeness (QED) is 0.754. The summed E-state index contributed by atoms with van der Waals surface area (Å²) in [5.41, 5.74) is 7.17. The number of hydrogen-bond donors (Lipinski definition) is 2. The van der Waals surface area contributed by atoms with Gasteiger partial charge >= 0.3 is 12.0 Å². The molecule has 0 unspecified atom stereocenters. The molecule has 1 atom stereocenters. The van der Waals surface area contributed by atoms with Crippen molar-refractivity contribution in [2.75, 3.05) is 0 Å². The van der Waals surface area contributed by atoms with Crippen LogP contribution in [0.2, 0.25) is 0 Å². The summed E-state index contributed by atoms with van der Waals surface area (Å²) < 4.78 is 5.23. The van der Waals surface area contributed by atoms with Gasteiger partial charge in [-0.2, -0.15) is 0 Å². The number of nitrogens with zero attached hydrogens (tertiary/aromatic N) is 1.